The number of hydrogen-bond donors (Lipinski definition) is 0. The van der Waals surface area contributed by atoms with Gasteiger partial charge in [0.25, 0.3) is 5.56 Å². The molecule has 0 bridgehead atoms. The summed E-state index contributed by atoms with van der Waals surface area (Å²) in [6.07, 6.45) is 1.71. The van der Waals surface area contributed by atoms with Crippen molar-refractivity contribution in [2.75, 3.05) is 7.05 Å². The van der Waals surface area contributed by atoms with Crippen LogP contribution in [0.5, 0.6) is 0 Å². The monoisotopic (exact) mass is 311 g/mol. The van der Waals surface area contributed by atoms with E-state index in [9.17, 15) is 9.18 Å². The third-order valence-corrected chi connectivity index (χ3v) is 4.05. The number of rotatable bonds is 4. The molecule has 0 N–H and O–H groups in total. The zero-order valence-electron chi connectivity index (χ0n) is 13.1. The van der Waals surface area contributed by atoms with Gasteiger partial charge in [-0.25, -0.2) is 9.37 Å². The Balaban J connectivity index is 1.83. The van der Waals surface area contributed by atoms with E-state index < -0.39 is 0 Å². The molecule has 1 aromatic carbocycles. The van der Waals surface area contributed by atoms with Gasteiger partial charge in [-0.1, -0.05) is 18.2 Å². The van der Waals surface area contributed by atoms with Gasteiger partial charge in [0.2, 0.25) is 0 Å². The summed E-state index contributed by atoms with van der Waals surface area (Å²) in [4.78, 5) is 18.7. The van der Waals surface area contributed by atoms with Gasteiger partial charge in [0.15, 0.2) is 0 Å². The predicted molar refractivity (Wildman–Crippen MR) is 87.7 cm³/mol. The zero-order valence-corrected chi connectivity index (χ0v) is 13.1. The minimum atomic E-state index is -0.243. The Labute approximate surface area is 133 Å². The van der Waals surface area contributed by atoms with Crippen molar-refractivity contribution in [3.8, 4) is 0 Å². The standard InChI is InChI=1S/C18H18FN3O/c1-13(14-6-8-15(19)9-7-14)21(2)12-16-11-18(23)22-10-4-3-5-17(22)20-16/h3-11,13H,12H2,1-2H3/t13-/m0/s1. The van der Waals surface area contributed by atoms with E-state index in [4.69, 9.17) is 0 Å². The SMILES string of the molecule is C[C@@H](c1ccc(F)cc1)N(C)Cc1cc(=O)n2ccccc2n1. The number of halogens is 1. The van der Waals surface area contributed by atoms with Crippen LogP contribution >= 0.6 is 0 Å². The van der Waals surface area contributed by atoms with Crippen molar-refractivity contribution < 1.29 is 4.39 Å². The van der Waals surface area contributed by atoms with Gasteiger partial charge in [0.1, 0.15) is 11.5 Å². The maximum Gasteiger partial charge on any atom is 0.258 e. The van der Waals surface area contributed by atoms with E-state index in [-0.39, 0.29) is 17.4 Å². The van der Waals surface area contributed by atoms with Gasteiger partial charge in [-0.3, -0.25) is 14.1 Å². The molecule has 0 radical (unpaired) electrons. The molecule has 3 rings (SSSR count). The molecule has 3 aromatic rings. The molecular formula is C18H18FN3O. The van der Waals surface area contributed by atoms with E-state index in [1.807, 2.05) is 26.1 Å². The van der Waals surface area contributed by atoms with Gasteiger partial charge in [-0.05, 0) is 43.8 Å². The first-order chi connectivity index (χ1) is 11.0. The first-order valence-electron chi connectivity index (χ1n) is 7.47. The molecule has 118 valence electrons. The van der Waals surface area contributed by atoms with Crippen molar-refractivity contribution in [2.45, 2.75) is 19.5 Å². The molecule has 0 aliphatic carbocycles. The quantitative estimate of drug-likeness (QED) is 0.743. The van der Waals surface area contributed by atoms with Crippen molar-refractivity contribution in [1.82, 2.24) is 14.3 Å². The van der Waals surface area contributed by atoms with Crippen molar-refractivity contribution in [1.29, 1.82) is 0 Å². The van der Waals surface area contributed by atoms with Gasteiger partial charge >= 0.3 is 0 Å². The smallest absolute Gasteiger partial charge is 0.258 e. The third kappa shape index (κ3) is 3.29. The van der Waals surface area contributed by atoms with E-state index in [1.54, 1.807) is 30.5 Å². The van der Waals surface area contributed by atoms with Crippen LogP contribution in [-0.2, 0) is 6.54 Å². The van der Waals surface area contributed by atoms with Gasteiger partial charge in [-0.15, -0.1) is 0 Å². The average molecular weight is 311 g/mol. The van der Waals surface area contributed by atoms with Crippen LogP contribution in [0.15, 0.2) is 59.5 Å². The molecule has 0 saturated heterocycles. The van der Waals surface area contributed by atoms with E-state index in [0.717, 1.165) is 11.3 Å². The molecule has 1 atom stereocenters. The number of benzene rings is 1. The highest BCUT2D eigenvalue weighted by Crippen LogP contribution is 2.20. The second-order valence-corrected chi connectivity index (χ2v) is 5.66. The molecule has 5 heteroatoms. The highest BCUT2D eigenvalue weighted by Gasteiger charge is 2.13. The minimum absolute atomic E-state index is 0.0894. The summed E-state index contributed by atoms with van der Waals surface area (Å²) in [7, 11) is 1.96. The number of aromatic nitrogens is 2. The molecule has 0 aliphatic rings. The molecule has 0 spiro atoms. The molecule has 2 heterocycles. The molecule has 0 aliphatic heterocycles. The highest BCUT2D eigenvalue weighted by molar-refractivity contribution is 5.38. The fourth-order valence-corrected chi connectivity index (χ4v) is 2.57. The van der Waals surface area contributed by atoms with E-state index in [0.29, 0.717) is 12.2 Å². The number of nitrogens with zero attached hydrogens (tertiary/aromatic N) is 3. The number of hydrogen-bond acceptors (Lipinski definition) is 3. The van der Waals surface area contributed by atoms with Gasteiger partial charge in [-0.2, -0.15) is 0 Å². The Kier molecular flexibility index (Phi) is 4.21. The molecule has 2 aromatic heterocycles. The average Bonchev–Trinajstić information content (AvgIpc) is 2.55. The van der Waals surface area contributed by atoms with Crippen LogP contribution in [0.3, 0.4) is 0 Å². The lowest BCUT2D eigenvalue weighted by molar-refractivity contribution is 0.250. The highest BCUT2D eigenvalue weighted by atomic mass is 19.1. The molecular weight excluding hydrogens is 293 g/mol. The van der Waals surface area contributed by atoms with Gasteiger partial charge in [0.05, 0.1) is 5.69 Å². The summed E-state index contributed by atoms with van der Waals surface area (Å²) in [6, 6.07) is 13.6. The van der Waals surface area contributed by atoms with Crippen LogP contribution in [0.1, 0.15) is 24.2 Å². The molecule has 23 heavy (non-hydrogen) atoms. The van der Waals surface area contributed by atoms with E-state index in [2.05, 4.69) is 9.88 Å². The topological polar surface area (TPSA) is 37.6 Å². The normalized spacial score (nSPS) is 12.7. The summed E-state index contributed by atoms with van der Waals surface area (Å²) in [5.74, 6) is -0.243. The van der Waals surface area contributed by atoms with E-state index in [1.165, 1.54) is 16.5 Å². The van der Waals surface area contributed by atoms with Crippen LogP contribution in [-0.4, -0.2) is 21.3 Å². The lowest BCUT2D eigenvalue weighted by Gasteiger charge is -2.24. The lowest BCUT2D eigenvalue weighted by Crippen LogP contribution is -2.24. The Bertz CT molecular complexity index is 873. The second kappa shape index (κ2) is 6.30. The molecule has 0 amide bonds. The molecule has 0 saturated carbocycles. The van der Waals surface area contributed by atoms with E-state index >= 15 is 0 Å². The predicted octanol–water partition coefficient (Wildman–Crippen LogP) is 3.03. The number of fused-ring (bicyclic) bond motifs is 1. The van der Waals surface area contributed by atoms with Crippen molar-refractivity contribution in [2.24, 2.45) is 0 Å². The Morgan fingerprint density at radius 3 is 2.70 bits per heavy atom. The summed E-state index contributed by atoms with van der Waals surface area (Å²) in [6.45, 7) is 2.58. The largest absolute Gasteiger partial charge is 0.294 e. The van der Waals surface area contributed by atoms with Gasteiger partial charge < -0.3 is 0 Å². The molecule has 0 unspecified atom stereocenters. The first kappa shape index (κ1) is 15.4. The van der Waals surface area contributed by atoms with Crippen LogP contribution in [0, 0.1) is 5.82 Å². The van der Waals surface area contributed by atoms with Crippen LogP contribution in [0.2, 0.25) is 0 Å². The lowest BCUT2D eigenvalue weighted by atomic mass is 10.1. The van der Waals surface area contributed by atoms with Crippen LogP contribution < -0.4 is 5.56 Å². The summed E-state index contributed by atoms with van der Waals surface area (Å²) in [5.41, 5.74) is 2.29. The van der Waals surface area contributed by atoms with Crippen LogP contribution in [0.4, 0.5) is 4.39 Å². The second-order valence-electron chi connectivity index (χ2n) is 5.66. The van der Waals surface area contributed by atoms with Crippen molar-refractivity contribution in [3.05, 3.63) is 82.2 Å². The third-order valence-electron chi connectivity index (χ3n) is 4.05. The Morgan fingerprint density at radius 2 is 1.96 bits per heavy atom. The summed E-state index contributed by atoms with van der Waals surface area (Å²) in [5, 5.41) is 0. The first-order valence-corrected chi connectivity index (χ1v) is 7.47. The Morgan fingerprint density at radius 1 is 1.22 bits per heavy atom. The fourth-order valence-electron chi connectivity index (χ4n) is 2.57. The maximum absolute atomic E-state index is 13.0. The minimum Gasteiger partial charge on any atom is -0.294 e. The summed E-state index contributed by atoms with van der Waals surface area (Å²) < 4.78 is 14.6. The van der Waals surface area contributed by atoms with Crippen molar-refractivity contribution >= 4 is 5.65 Å². The maximum atomic E-state index is 13.0. The van der Waals surface area contributed by atoms with Crippen LogP contribution in [0.25, 0.3) is 5.65 Å². The Hall–Kier alpha value is -2.53. The fraction of sp³-hybridized carbons (Fsp3) is 0.222. The van der Waals surface area contributed by atoms with Crippen molar-refractivity contribution in [3.63, 3.8) is 0 Å². The summed E-state index contributed by atoms with van der Waals surface area (Å²) >= 11 is 0. The zero-order chi connectivity index (χ0) is 16.4. The van der Waals surface area contributed by atoms with Gasteiger partial charge in [0, 0.05) is 24.8 Å². The molecule has 4 nitrogen and oxygen atoms in total. The number of pyridine rings is 1. The molecule has 0 fully saturated rings.